The van der Waals surface area contributed by atoms with Gasteiger partial charge < -0.3 is 5.11 Å². The quantitative estimate of drug-likeness (QED) is 0.816. The summed E-state index contributed by atoms with van der Waals surface area (Å²) in [6, 6.07) is 8.03. The number of nitrogens with zero attached hydrogens (tertiary/aromatic N) is 3. The van der Waals surface area contributed by atoms with Crippen LogP contribution in [0.4, 0.5) is 0 Å². The summed E-state index contributed by atoms with van der Waals surface area (Å²) in [5, 5.41) is 16.9. The Morgan fingerprint density at radius 2 is 2.19 bits per heavy atom. The van der Waals surface area contributed by atoms with Gasteiger partial charge in [0.25, 0.3) is 0 Å². The first-order valence-electron chi connectivity index (χ1n) is 5.00. The number of thioether (sulfide) groups is 1. The molecule has 1 aromatic carbocycles. The average Bonchev–Trinajstić information content (AvgIpc) is 2.78. The van der Waals surface area contributed by atoms with Gasteiger partial charge in [0.2, 0.25) is 0 Å². The summed E-state index contributed by atoms with van der Waals surface area (Å²) in [7, 11) is 0. The van der Waals surface area contributed by atoms with Gasteiger partial charge in [-0.2, -0.15) is 0 Å². The number of hydrogen-bond acceptors (Lipinski definition) is 4. The molecular formula is C11H13N3OS. The minimum absolute atomic E-state index is 0.100. The molecule has 0 saturated heterocycles. The van der Waals surface area contributed by atoms with Crippen LogP contribution in [0.5, 0.6) is 0 Å². The zero-order valence-electron chi connectivity index (χ0n) is 9.00. The Hall–Kier alpha value is -1.33. The molecule has 1 N–H and O–H groups in total. The lowest BCUT2D eigenvalue weighted by atomic mass is 10.3. The fourth-order valence-corrected chi connectivity index (χ4v) is 2.05. The summed E-state index contributed by atoms with van der Waals surface area (Å²) in [5.74, 6) is 0. The van der Waals surface area contributed by atoms with Crippen LogP contribution in [0.25, 0.3) is 5.69 Å². The van der Waals surface area contributed by atoms with E-state index in [1.54, 1.807) is 16.4 Å². The predicted octanol–water partition coefficient (Wildman–Crippen LogP) is 1.52. The number of aliphatic hydroxyl groups excluding tert-OH is 1. The van der Waals surface area contributed by atoms with Crippen molar-refractivity contribution in [3.05, 3.63) is 36.2 Å². The number of aromatic nitrogens is 3. The molecule has 2 aromatic rings. The highest BCUT2D eigenvalue weighted by molar-refractivity contribution is 7.98. The van der Waals surface area contributed by atoms with E-state index in [2.05, 4.69) is 10.3 Å². The maximum atomic E-state index is 8.82. The van der Waals surface area contributed by atoms with Gasteiger partial charge in [0.1, 0.15) is 0 Å². The molecule has 1 aromatic heterocycles. The molecule has 0 aliphatic carbocycles. The minimum Gasteiger partial charge on any atom is -0.396 e. The third-order valence-electron chi connectivity index (χ3n) is 2.24. The van der Waals surface area contributed by atoms with Crippen molar-refractivity contribution in [1.29, 1.82) is 0 Å². The third kappa shape index (κ3) is 2.25. The molecule has 0 spiro atoms. The van der Waals surface area contributed by atoms with Crippen LogP contribution in [0.15, 0.2) is 35.4 Å². The molecule has 0 aliphatic rings. The van der Waals surface area contributed by atoms with Crippen molar-refractivity contribution < 1.29 is 5.11 Å². The van der Waals surface area contributed by atoms with E-state index in [0.717, 1.165) is 16.3 Å². The first-order valence-corrected chi connectivity index (χ1v) is 6.23. The molecule has 0 fully saturated rings. The Morgan fingerprint density at radius 3 is 2.94 bits per heavy atom. The van der Waals surface area contributed by atoms with Crippen molar-refractivity contribution in [3.63, 3.8) is 0 Å². The van der Waals surface area contributed by atoms with Crippen molar-refractivity contribution >= 4 is 11.8 Å². The van der Waals surface area contributed by atoms with E-state index in [1.165, 1.54) is 0 Å². The van der Waals surface area contributed by atoms with Gasteiger partial charge in [-0.05, 0) is 18.4 Å². The second kappa shape index (κ2) is 5.14. The zero-order valence-corrected chi connectivity index (χ0v) is 9.81. The van der Waals surface area contributed by atoms with Gasteiger partial charge in [-0.25, -0.2) is 4.68 Å². The molecule has 1 heterocycles. The van der Waals surface area contributed by atoms with Crippen LogP contribution >= 0.6 is 11.8 Å². The zero-order chi connectivity index (χ0) is 11.4. The summed E-state index contributed by atoms with van der Waals surface area (Å²) < 4.78 is 1.75. The Bertz CT molecular complexity index is 470. The van der Waals surface area contributed by atoms with Crippen LogP contribution in [-0.4, -0.2) is 33.0 Å². The molecule has 2 rings (SSSR count). The van der Waals surface area contributed by atoms with Gasteiger partial charge in [-0.15, -0.1) is 16.9 Å². The first-order chi connectivity index (χ1) is 7.85. The van der Waals surface area contributed by atoms with Crippen LogP contribution in [0.1, 0.15) is 5.69 Å². The highest BCUT2D eigenvalue weighted by Crippen LogP contribution is 2.22. The highest BCUT2D eigenvalue weighted by Gasteiger charge is 2.05. The molecule has 0 unspecified atom stereocenters. The molecule has 0 bridgehead atoms. The van der Waals surface area contributed by atoms with Crippen molar-refractivity contribution in [2.24, 2.45) is 0 Å². The molecule has 0 amide bonds. The van der Waals surface area contributed by atoms with Gasteiger partial charge in [-0.3, -0.25) is 0 Å². The number of benzene rings is 1. The Balaban J connectivity index is 2.34. The fraction of sp³-hybridized carbons (Fsp3) is 0.273. The molecule has 0 atom stereocenters. The smallest absolute Gasteiger partial charge is 0.0854 e. The van der Waals surface area contributed by atoms with E-state index in [1.807, 2.05) is 36.7 Å². The summed E-state index contributed by atoms with van der Waals surface area (Å²) in [6.45, 7) is 0.100. The highest BCUT2D eigenvalue weighted by atomic mass is 32.2. The molecule has 16 heavy (non-hydrogen) atoms. The minimum atomic E-state index is 0.100. The van der Waals surface area contributed by atoms with E-state index >= 15 is 0 Å². The number of para-hydroxylation sites is 1. The Kier molecular flexibility index (Phi) is 3.58. The van der Waals surface area contributed by atoms with Crippen LogP contribution in [0.3, 0.4) is 0 Å². The molecule has 0 radical (unpaired) electrons. The molecule has 5 heteroatoms. The van der Waals surface area contributed by atoms with Gasteiger partial charge >= 0.3 is 0 Å². The second-order valence-corrected chi connectivity index (χ2v) is 4.15. The summed E-state index contributed by atoms with van der Waals surface area (Å²) in [6.07, 6.45) is 4.43. The fourth-order valence-electron chi connectivity index (χ4n) is 1.46. The van der Waals surface area contributed by atoms with E-state index in [0.29, 0.717) is 6.42 Å². The van der Waals surface area contributed by atoms with E-state index in [9.17, 15) is 0 Å². The van der Waals surface area contributed by atoms with Crippen LogP contribution in [0.2, 0.25) is 0 Å². The van der Waals surface area contributed by atoms with Crippen molar-refractivity contribution in [2.75, 3.05) is 12.9 Å². The van der Waals surface area contributed by atoms with Crippen molar-refractivity contribution in [3.8, 4) is 5.69 Å². The number of rotatable bonds is 4. The number of aliphatic hydroxyl groups is 1. The van der Waals surface area contributed by atoms with Crippen LogP contribution in [0, 0.1) is 0 Å². The van der Waals surface area contributed by atoms with Gasteiger partial charge in [0.05, 0.1) is 17.6 Å². The topological polar surface area (TPSA) is 50.9 Å². The normalized spacial score (nSPS) is 10.6. The van der Waals surface area contributed by atoms with E-state index in [-0.39, 0.29) is 6.61 Å². The van der Waals surface area contributed by atoms with Gasteiger partial charge in [0.15, 0.2) is 0 Å². The summed E-state index contributed by atoms with van der Waals surface area (Å²) in [5.41, 5.74) is 1.82. The largest absolute Gasteiger partial charge is 0.396 e. The maximum absolute atomic E-state index is 8.82. The molecule has 0 aliphatic heterocycles. The number of hydrogen-bond donors (Lipinski definition) is 1. The standard InChI is InChI=1S/C11H13N3OS/c1-16-11-5-3-2-4-10(11)14-8-9(6-7-15)12-13-14/h2-5,8,15H,6-7H2,1H3. The lowest BCUT2D eigenvalue weighted by molar-refractivity contribution is 0.298. The molecular weight excluding hydrogens is 222 g/mol. The van der Waals surface area contributed by atoms with Crippen molar-refractivity contribution in [2.45, 2.75) is 11.3 Å². The van der Waals surface area contributed by atoms with Crippen LogP contribution in [-0.2, 0) is 6.42 Å². The second-order valence-electron chi connectivity index (χ2n) is 3.30. The van der Waals surface area contributed by atoms with Crippen LogP contribution < -0.4 is 0 Å². The summed E-state index contributed by atoms with van der Waals surface area (Å²) in [4.78, 5) is 1.16. The van der Waals surface area contributed by atoms with E-state index in [4.69, 9.17) is 5.11 Å². The predicted molar refractivity (Wildman–Crippen MR) is 63.9 cm³/mol. The monoisotopic (exact) mass is 235 g/mol. The maximum Gasteiger partial charge on any atom is 0.0854 e. The van der Waals surface area contributed by atoms with Gasteiger partial charge in [0, 0.05) is 17.9 Å². The first kappa shape index (κ1) is 11.2. The molecule has 84 valence electrons. The lowest BCUT2D eigenvalue weighted by Crippen LogP contribution is -1.96. The SMILES string of the molecule is CSc1ccccc1-n1cc(CCO)nn1. The average molecular weight is 235 g/mol. The van der Waals surface area contributed by atoms with E-state index < -0.39 is 0 Å². The van der Waals surface area contributed by atoms with Gasteiger partial charge in [-0.1, -0.05) is 17.3 Å². The summed E-state index contributed by atoms with van der Waals surface area (Å²) >= 11 is 1.67. The lowest BCUT2D eigenvalue weighted by Gasteiger charge is -2.05. The molecule has 4 nitrogen and oxygen atoms in total. The van der Waals surface area contributed by atoms with Crippen molar-refractivity contribution in [1.82, 2.24) is 15.0 Å². The Labute approximate surface area is 98.3 Å². The Morgan fingerprint density at radius 1 is 1.38 bits per heavy atom. The third-order valence-corrected chi connectivity index (χ3v) is 3.03. The molecule has 0 saturated carbocycles.